The standard InChI is InChI=1S/C13H12ClF7O/c1-10(22-2,8-3-5-9(14)6-4-8)7-11(15,16)12(17,18)13(19,20)21/h3-6H,7H2,1-2H3. The zero-order valence-corrected chi connectivity index (χ0v) is 12.2. The van der Waals surface area contributed by atoms with Gasteiger partial charge in [0, 0.05) is 12.1 Å². The molecule has 0 spiro atoms. The van der Waals surface area contributed by atoms with Gasteiger partial charge >= 0.3 is 18.0 Å². The number of ether oxygens (including phenoxy) is 1. The molecule has 1 rings (SSSR count). The number of hydrogen-bond donors (Lipinski definition) is 0. The summed E-state index contributed by atoms with van der Waals surface area (Å²) in [5.74, 6) is -11.5. The van der Waals surface area contributed by atoms with Crippen LogP contribution in [0, 0.1) is 0 Å². The van der Waals surface area contributed by atoms with Crippen molar-refractivity contribution in [2.45, 2.75) is 37.0 Å². The lowest BCUT2D eigenvalue weighted by Gasteiger charge is -2.36. The first kappa shape index (κ1) is 19.0. The fourth-order valence-corrected chi connectivity index (χ4v) is 1.96. The highest BCUT2D eigenvalue weighted by Crippen LogP contribution is 2.51. The average Bonchev–Trinajstić information content (AvgIpc) is 2.37. The number of hydrogen-bond acceptors (Lipinski definition) is 1. The van der Waals surface area contributed by atoms with Gasteiger partial charge < -0.3 is 4.74 Å². The first-order valence-corrected chi connectivity index (χ1v) is 6.28. The Hall–Kier alpha value is -1.02. The Balaban J connectivity index is 3.19. The van der Waals surface area contributed by atoms with E-state index in [1.165, 1.54) is 24.3 Å². The minimum Gasteiger partial charge on any atom is -0.374 e. The van der Waals surface area contributed by atoms with Crippen LogP contribution in [-0.4, -0.2) is 25.1 Å². The van der Waals surface area contributed by atoms with Crippen LogP contribution in [0.1, 0.15) is 18.9 Å². The number of halogens is 8. The topological polar surface area (TPSA) is 9.23 Å². The van der Waals surface area contributed by atoms with Crippen molar-refractivity contribution in [2.24, 2.45) is 0 Å². The predicted octanol–water partition coefficient (Wildman–Crippen LogP) is 5.42. The van der Waals surface area contributed by atoms with E-state index in [-0.39, 0.29) is 10.6 Å². The summed E-state index contributed by atoms with van der Waals surface area (Å²) in [6.07, 6.45) is -8.23. The second-order valence-electron chi connectivity index (χ2n) is 4.90. The lowest BCUT2D eigenvalue weighted by Crippen LogP contribution is -2.54. The molecule has 0 saturated heterocycles. The Bertz CT molecular complexity index is 512. The summed E-state index contributed by atoms with van der Waals surface area (Å²) >= 11 is 5.61. The molecule has 0 N–H and O–H groups in total. The van der Waals surface area contributed by atoms with Gasteiger partial charge in [-0.25, -0.2) is 0 Å². The molecule has 22 heavy (non-hydrogen) atoms. The highest BCUT2D eigenvalue weighted by atomic mass is 35.5. The highest BCUT2D eigenvalue weighted by molar-refractivity contribution is 6.30. The van der Waals surface area contributed by atoms with E-state index < -0.39 is 30.0 Å². The van der Waals surface area contributed by atoms with Crippen LogP contribution in [0.4, 0.5) is 30.7 Å². The fourth-order valence-electron chi connectivity index (χ4n) is 1.84. The Morgan fingerprint density at radius 3 is 1.77 bits per heavy atom. The molecule has 0 aliphatic rings. The van der Waals surface area contributed by atoms with E-state index in [0.717, 1.165) is 14.0 Å². The Morgan fingerprint density at radius 1 is 0.955 bits per heavy atom. The van der Waals surface area contributed by atoms with E-state index in [9.17, 15) is 30.7 Å². The molecule has 0 bridgehead atoms. The number of benzene rings is 1. The van der Waals surface area contributed by atoms with Gasteiger partial charge in [0.15, 0.2) is 0 Å². The van der Waals surface area contributed by atoms with E-state index in [2.05, 4.69) is 0 Å². The zero-order valence-electron chi connectivity index (χ0n) is 11.4. The summed E-state index contributed by atoms with van der Waals surface area (Å²) in [5, 5.41) is 0.245. The van der Waals surface area contributed by atoms with E-state index in [1.807, 2.05) is 0 Å². The third-order valence-corrected chi connectivity index (χ3v) is 3.53. The average molecular weight is 353 g/mol. The summed E-state index contributed by atoms with van der Waals surface area (Å²) in [4.78, 5) is 0. The summed E-state index contributed by atoms with van der Waals surface area (Å²) in [6, 6.07) is 5.00. The molecule has 0 aromatic heterocycles. The van der Waals surface area contributed by atoms with Gasteiger partial charge in [0.05, 0.1) is 12.0 Å². The van der Waals surface area contributed by atoms with E-state index >= 15 is 0 Å². The first-order chi connectivity index (χ1) is 9.77. The molecule has 1 atom stereocenters. The van der Waals surface area contributed by atoms with E-state index in [4.69, 9.17) is 16.3 Å². The van der Waals surface area contributed by atoms with Gasteiger partial charge in [-0.1, -0.05) is 23.7 Å². The predicted molar refractivity (Wildman–Crippen MR) is 66.4 cm³/mol. The molecule has 0 amide bonds. The van der Waals surface area contributed by atoms with E-state index in [0.29, 0.717) is 0 Å². The first-order valence-electron chi connectivity index (χ1n) is 5.90. The number of rotatable bonds is 5. The molecule has 1 aromatic carbocycles. The van der Waals surface area contributed by atoms with Crippen molar-refractivity contribution in [3.05, 3.63) is 34.9 Å². The molecular weight excluding hydrogens is 341 g/mol. The number of methoxy groups -OCH3 is 1. The van der Waals surface area contributed by atoms with Crippen LogP contribution in [-0.2, 0) is 10.3 Å². The molecule has 0 radical (unpaired) electrons. The van der Waals surface area contributed by atoms with Gasteiger partial charge in [0.25, 0.3) is 0 Å². The fraction of sp³-hybridized carbons (Fsp3) is 0.538. The van der Waals surface area contributed by atoms with Crippen molar-refractivity contribution in [1.82, 2.24) is 0 Å². The lowest BCUT2D eigenvalue weighted by atomic mass is 9.87. The Kier molecular flexibility index (Phi) is 5.09. The molecule has 0 aliphatic heterocycles. The van der Waals surface area contributed by atoms with Crippen LogP contribution in [0.15, 0.2) is 24.3 Å². The largest absolute Gasteiger partial charge is 0.459 e. The van der Waals surface area contributed by atoms with Crippen LogP contribution < -0.4 is 0 Å². The summed E-state index contributed by atoms with van der Waals surface area (Å²) in [6.45, 7) is 0.997. The van der Waals surface area contributed by atoms with Gasteiger partial charge in [-0.3, -0.25) is 0 Å². The van der Waals surface area contributed by atoms with Gasteiger partial charge in [0.1, 0.15) is 0 Å². The summed E-state index contributed by atoms with van der Waals surface area (Å²) < 4.78 is 94.5. The molecule has 0 aliphatic carbocycles. The van der Waals surface area contributed by atoms with Crippen molar-refractivity contribution in [3.63, 3.8) is 0 Å². The molecule has 0 heterocycles. The van der Waals surface area contributed by atoms with Gasteiger partial charge in [0.2, 0.25) is 0 Å². The summed E-state index contributed by atoms with van der Waals surface area (Å²) in [5.41, 5.74) is -2.06. The van der Waals surface area contributed by atoms with Crippen molar-refractivity contribution in [2.75, 3.05) is 7.11 Å². The number of alkyl halides is 7. The maximum absolute atomic E-state index is 13.6. The molecule has 9 heteroatoms. The smallest absolute Gasteiger partial charge is 0.374 e. The van der Waals surface area contributed by atoms with Crippen molar-refractivity contribution < 1.29 is 35.5 Å². The second kappa shape index (κ2) is 5.88. The Labute approximate surface area is 127 Å². The third-order valence-electron chi connectivity index (χ3n) is 3.28. The monoisotopic (exact) mass is 352 g/mol. The second-order valence-corrected chi connectivity index (χ2v) is 5.33. The summed E-state index contributed by atoms with van der Waals surface area (Å²) in [7, 11) is 0.941. The molecule has 126 valence electrons. The van der Waals surface area contributed by atoms with Crippen LogP contribution in [0.2, 0.25) is 5.02 Å². The molecular formula is C13H12ClF7O. The van der Waals surface area contributed by atoms with Crippen molar-refractivity contribution >= 4 is 11.6 Å². The minimum absolute atomic E-state index is 0.00273. The highest BCUT2D eigenvalue weighted by Gasteiger charge is 2.73. The van der Waals surface area contributed by atoms with Crippen LogP contribution in [0.3, 0.4) is 0 Å². The zero-order chi connectivity index (χ0) is 17.4. The molecule has 0 fully saturated rings. The normalized spacial score (nSPS) is 16.5. The van der Waals surface area contributed by atoms with Crippen molar-refractivity contribution in [1.29, 1.82) is 0 Å². The molecule has 0 saturated carbocycles. The SMILES string of the molecule is COC(C)(CC(F)(F)C(F)(F)C(F)(F)F)c1ccc(Cl)cc1. The van der Waals surface area contributed by atoms with Gasteiger partial charge in [-0.2, -0.15) is 30.7 Å². The van der Waals surface area contributed by atoms with Crippen molar-refractivity contribution in [3.8, 4) is 0 Å². The molecule has 1 unspecified atom stereocenters. The maximum Gasteiger partial charge on any atom is 0.459 e. The molecule has 1 aromatic rings. The third kappa shape index (κ3) is 3.48. The van der Waals surface area contributed by atoms with Gasteiger partial charge in [-0.15, -0.1) is 0 Å². The Morgan fingerprint density at radius 2 is 1.41 bits per heavy atom. The van der Waals surface area contributed by atoms with Crippen LogP contribution in [0.25, 0.3) is 0 Å². The molecule has 1 nitrogen and oxygen atoms in total. The van der Waals surface area contributed by atoms with Gasteiger partial charge in [-0.05, 0) is 24.6 Å². The maximum atomic E-state index is 13.6. The quantitative estimate of drug-likeness (QED) is 0.642. The lowest BCUT2D eigenvalue weighted by molar-refractivity contribution is -0.361. The van der Waals surface area contributed by atoms with E-state index in [1.54, 1.807) is 0 Å². The van der Waals surface area contributed by atoms with Crippen LogP contribution >= 0.6 is 11.6 Å². The van der Waals surface area contributed by atoms with Crippen LogP contribution in [0.5, 0.6) is 0 Å². The minimum atomic E-state index is -6.37.